The van der Waals surface area contributed by atoms with Gasteiger partial charge in [-0.2, -0.15) is 0 Å². The van der Waals surface area contributed by atoms with Crippen LogP contribution in [-0.2, 0) is 13.4 Å². The molecule has 0 unspecified atom stereocenters. The van der Waals surface area contributed by atoms with E-state index in [0.717, 1.165) is 0 Å². The van der Waals surface area contributed by atoms with Crippen molar-refractivity contribution >= 4 is 27.5 Å². The van der Waals surface area contributed by atoms with Gasteiger partial charge in [-0.05, 0) is 0 Å². The summed E-state index contributed by atoms with van der Waals surface area (Å²) in [5.41, 5.74) is 0. The average molecular weight is 965 g/mol. The molecule has 0 rings (SSSR count). The molecule has 0 aromatic carbocycles. The maximum atomic E-state index is 8.52. The van der Waals surface area contributed by atoms with Crippen LogP contribution in [-0.4, -0.2) is 27.5 Å². The number of nitrogens with zero attached hydrogens (tertiary/aromatic N) is 3. The number of rotatable bonds is 0. The van der Waals surface area contributed by atoms with Crippen LogP contribution >= 0.6 is 0 Å². The number of hydrogen-bond donors (Lipinski definition) is 0. The Kier molecular flexibility index (Phi) is 240. The van der Waals surface area contributed by atoms with Crippen molar-refractivity contribution in [2.75, 3.05) is 0 Å². The molecule has 0 aliphatic carbocycles. The molecule has 0 heterocycles. The maximum absolute atomic E-state index is 8.52. The van der Waals surface area contributed by atoms with Crippen molar-refractivity contribution in [3.05, 3.63) is 18.5 Å². The average Bonchev–Trinajstić information content (AvgIpc) is 1.54. The van der Waals surface area contributed by atoms with Crippen molar-refractivity contribution in [2.24, 2.45) is 0 Å². The smallest absolute Gasteiger partial charge is 3.00 e. The third-order valence-corrected chi connectivity index (χ3v) is 0. The summed E-state index contributed by atoms with van der Waals surface area (Å²) in [4.78, 5) is 51.1. The van der Waals surface area contributed by atoms with Crippen molar-refractivity contribution in [3.8, 4) is 0 Å². The molecule has 0 aromatic heterocycles. The second kappa shape index (κ2) is 65.1. The van der Waals surface area contributed by atoms with Crippen LogP contribution in [0, 0.1) is 178 Å². The van der Waals surface area contributed by atoms with E-state index < -0.39 is 27.5 Å². The van der Waals surface area contributed by atoms with Gasteiger partial charge < -0.3 is 60.6 Å². The van der Waals surface area contributed by atoms with Crippen molar-refractivity contribution in [1.29, 1.82) is 0 Å². The zero-order chi connectivity index (χ0) is 10.7. The minimum absolute atomic E-state index is 0. The Labute approximate surface area is 259 Å². The maximum Gasteiger partial charge on any atom is 3.00 e. The van der Waals surface area contributed by atoms with Crippen molar-refractivity contribution in [3.63, 3.8) is 0 Å². The summed E-state index contributed by atoms with van der Waals surface area (Å²) in [6.07, 6.45) is 0. The van der Waals surface area contributed by atoms with Gasteiger partial charge in [0.2, 0.25) is 0 Å². The Morgan fingerprint density at radius 1 is 0.400 bits per heavy atom. The van der Waals surface area contributed by atoms with Crippen LogP contribution in [0.4, 0.5) is 0 Å². The summed E-state index contributed by atoms with van der Waals surface area (Å²) >= 11 is 0. The van der Waals surface area contributed by atoms with Gasteiger partial charge in [0.05, 0.1) is 0 Å². The number of hydrogen-bond acceptors (Lipinski definition) is 9. The summed E-state index contributed by atoms with van der Waals surface area (Å²) in [7, 11) is -10.9. The van der Waals surface area contributed by atoms with Gasteiger partial charge in [-0.1, -0.05) is 0 Å². The topological polar surface area (TPSA) is 281 Å². The van der Waals surface area contributed by atoms with Gasteiger partial charge >= 0.3 is 178 Å². The van der Waals surface area contributed by atoms with Crippen LogP contribution in [0.2, 0.25) is 0 Å². The van der Waals surface area contributed by atoms with Gasteiger partial charge in [0, 0.05) is 27.5 Å². The quantitative estimate of drug-likeness (QED) is 0.208. The van der Waals surface area contributed by atoms with E-state index in [1.165, 1.54) is 0 Å². The van der Waals surface area contributed by atoms with Crippen molar-refractivity contribution in [1.82, 2.24) is 0 Å². The van der Waals surface area contributed by atoms with E-state index in [4.69, 9.17) is 42.2 Å². The molecule has 0 saturated heterocycles. The molecule has 12 nitrogen and oxygen atoms in total. The molecule has 0 amide bonds. The first-order valence-corrected chi connectivity index (χ1v) is 5.51. The molecule has 96 valence electrons. The molecule has 0 saturated carbocycles. The summed E-state index contributed by atoms with van der Waals surface area (Å²) in [5, 5.41) is 0. The minimum atomic E-state index is -3.63. The summed E-state index contributed by atoms with van der Waals surface area (Å²) in [5.74, 6) is 0. The van der Waals surface area contributed by atoms with E-state index in [1.54, 1.807) is 0 Å². The zero-order valence-electron chi connectivity index (χ0n) is 9.40. The van der Waals surface area contributed by atoms with E-state index >= 15 is 0 Å². The minimum Gasteiger partial charge on any atom is -3.00 e. The first kappa shape index (κ1) is 73.9. The van der Waals surface area contributed by atoms with E-state index in [9.17, 15) is 0 Å². The third kappa shape index (κ3) is 483. The first-order chi connectivity index (χ1) is 5.20. The van der Waals surface area contributed by atoms with Crippen LogP contribution < -0.4 is 28.8 Å². The van der Waals surface area contributed by atoms with E-state index in [1.807, 2.05) is 0 Å². The van der Waals surface area contributed by atoms with Gasteiger partial charge in [0.1, 0.15) is 0 Å². The van der Waals surface area contributed by atoms with Crippen LogP contribution in [0.5, 0.6) is 0 Å². The van der Waals surface area contributed by atoms with Gasteiger partial charge in [-0.3, -0.25) is 0 Å². The Morgan fingerprint density at radius 2 is 0.400 bits per heavy atom. The van der Waals surface area contributed by atoms with E-state index in [0.29, 0.717) is 0 Å². The van der Waals surface area contributed by atoms with Crippen molar-refractivity contribution < 1.29 is 220 Å². The zero-order valence-corrected chi connectivity index (χ0v) is 30.5. The fourth-order valence-corrected chi connectivity index (χ4v) is 0. The van der Waals surface area contributed by atoms with Gasteiger partial charge in [-0.15, -0.1) is 0 Å². The Hall–Kier alpha value is 4.70. The summed E-state index contributed by atoms with van der Waals surface area (Å²) in [6, 6.07) is 0. The Bertz CT molecular complexity index is 134. The SMILES string of the molecule is O=[Si]([O-])[O-].O=[Si]([O-])[O-].O=[Si]([O-])[O-].[La+3].[La+3].[La+3].[La+3].[La+3].[N-3].[N-3].[N-3]. The molecule has 0 spiro atoms. The first-order valence-electron chi connectivity index (χ1n) is 1.84. The third-order valence-electron chi connectivity index (χ3n) is 0. The normalized spacial score (nSPS) is 3.60. The molecule has 0 fully saturated rings. The molecular weight excluding hydrogens is 965 g/mol. The second-order valence-corrected chi connectivity index (χ2v) is 2.25. The molecule has 0 aromatic rings. The van der Waals surface area contributed by atoms with Crippen LogP contribution in [0.25, 0.3) is 18.5 Å². The van der Waals surface area contributed by atoms with E-state index in [2.05, 4.69) is 0 Å². The van der Waals surface area contributed by atoms with Gasteiger partial charge in [0.25, 0.3) is 0 Å². The Morgan fingerprint density at radius 3 is 0.400 bits per heavy atom. The molecule has 0 atom stereocenters. The fraction of sp³-hybridized carbons (Fsp3) is 0. The molecular formula is La5N3O9Si3. The molecule has 0 radical (unpaired) electrons. The standard InChI is InChI=1S/5La.3N.3O3Si/c;;;;;;;;3*1-4(2)3/q5*+3;3*-3;3*-2. The summed E-state index contributed by atoms with van der Waals surface area (Å²) in [6.45, 7) is 0. The van der Waals surface area contributed by atoms with Crippen LogP contribution in [0.15, 0.2) is 0 Å². The van der Waals surface area contributed by atoms with E-state index in [-0.39, 0.29) is 196 Å². The molecule has 20 heteroatoms. The second-order valence-electron chi connectivity index (χ2n) is 0.750. The molecule has 0 aliphatic rings. The summed E-state index contributed by atoms with van der Waals surface area (Å²) < 4.78 is 25.6. The molecule has 0 aliphatic heterocycles. The predicted molar refractivity (Wildman–Crippen MR) is 29.4 cm³/mol. The van der Waals surface area contributed by atoms with Crippen LogP contribution in [0.3, 0.4) is 0 Å². The fourth-order valence-electron chi connectivity index (χ4n) is 0. The van der Waals surface area contributed by atoms with Gasteiger partial charge in [0.15, 0.2) is 0 Å². The van der Waals surface area contributed by atoms with Crippen LogP contribution in [0.1, 0.15) is 0 Å². The van der Waals surface area contributed by atoms with Crippen molar-refractivity contribution in [2.45, 2.75) is 0 Å². The van der Waals surface area contributed by atoms with Gasteiger partial charge in [-0.25, -0.2) is 0 Å². The molecule has 0 N–H and O–H groups in total. The predicted octanol–water partition coefficient (Wildman–Crippen LogP) is -7.77. The Balaban J connectivity index is -0.00000000562. The monoisotopic (exact) mass is 964 g/mol. The molecule has 20 heavy (non-hydrogen) atoms. The molecule has 0 bridgehead atoms. The largest absolute Gasteiger partial charge is 3.00 e.